The highest BCUT2D eigenvalue weighted by Gasteiger charge is 2.33. The molecule has 0 heterocycles. The third kappa shape index (κ3) is 3.79. The summed E-state index contributed by atoms with van der Waals surface area (Å²) in [4.78, 5) is 2.40. The summed E-state index contributed by atoms with van der Waals surface area (Å²) < 4.78 is 0. The summed E-state index contributed by atoms with van der Waals surface area (Å²) in [5.74, 6) is 2.35. The average Bonchev–Trinajstić information content (AvgIpc) is 2.15. The molecule has 1 heteroatoms. The minimum Gasteiger partial charge on any atom is -0.304 e. The van der Waals surface area contributed by atoms with Crippen molar-refractivity contribution in [1.82, 2.24) is 4.90 Å². The first kappa shape index (κ1) is 15.0. The molecule has 0 aliphatic carbocycles. The second-order valence-corrected chi connectivity index (χ2v) is 5.97. The van der Waals surface area contributed by atoms with E-state index in [0.717, 1.165) is 11.8 Å². The second kappa shape index (κ2) is 5.89. The highest BCUT2D eigenvalue weighted by Crippen LogP contribution is 2.33. The van der Waals surface area contributed by atoms with E-state index in [2.05, 4.69) is 60.5 Å². The van der Waals surface area contributed by atoms with E-state index in [1.165, 1.54) is 12.8 Å². The Labute approximate surface area is 97.2 Å². The molecule has 3 atom stereocenters. The van der Waals surface area contributed by atoms with Gasteiger partial charge in [-0.25, -0.2) is 0 Å². The van der Waals surface area contributed by atoms with E-state index in [1.807, 2.05) is 0 Å². The summed E-state index contributed by atoms with van der Waals surface area (Å²) in [6, 6.07) is 0. The lowest BCUT2D eigenvalue weighted by Gasteiger charge is -2.43. The molecule has 0 N–H and O–H groups in total. The second-order valence-electron chi connectivity index (χ2n) is 5.97. The summed E-state index contributed by atoms with van der Waals surface area (Å²) in [5.41, 5.74) is 0.336. The van der Waals surface area contributed by atoms with E-state index in [9.17, 15) is 0 Å². The van der Waals surface area contributed by atoms with Gasteiger partial charge >= 0.3 is 0 Å². The molecule has 0 aromatic rings. The van der Waals surface area contributed by atoms with Crippen LogP contribution in [0.4, 0.5) is 0 Å². The molecule has 92 valence electrons. The SMILES string of the molecule is CCC(C)C(C)CC(C)(C(C)C)N(C)C. The van der Waals surface area contributed by atoms with Gasteiger partial charge < -0.3 is 4.90 Å². The van der Waals surface area contributed by atoms with Crippen molar-refractivity contribution in [3.05, 3.63) is 0 Å². The van der Waals surface area contributed by atoms with E-state index in [-0.39, 0.29) is 0 Å². The predicted octanol–water partition coefficient (Wildman–Crippen LogP) is 4.04. The van der Waals surface area contributed by atoms with Gasteiger partial charge in [-0.15, -0.1) is 0 Å². The molecular formula is C14H31N. The largest absolute Gasteiger partial charge is 0.304 e. The molecule has 0 aromatic heterocycles. The van der Waals surface area contributed by atoms with Gasteiger partial charge in [-0.05, 0) is 45.2 Å². The van der Waals surface area contributed by atoms with Gasteiger partial charge in [0.05, 0.1) is 0 Å². The highest BCUT2D eigenvalue weighted by molar-refractivity contribution is 4.88. The third-order valence-corrected chi connectivity index (χ3v) is 4.62. The summed E-state index contributed by atoms with van der Waals surface area (Å²) in [6.07, 6.45) is 2.59. The minimum atomic E-state index is 0.336. The fraction of sp³-hybridized carbons (Fsp3) is 1.00. The van der Waals surface area contributed by atoms with Crippen molar-refractivity contribution < 1.29 is 0 Å². The Morgan fingerprint density at radius 3 is 1.73 bits per heavy atom. The lowest BCUT2D eigenvalue weighted by Crippen LogP contribution is -2.47. The van der Waals surface area contributed by atoms with Gasteiger partial charge in [0.1, 0.15) is 0 Å². The van der Waals surface area contributed by atoms with Gasteiger partial charge in [-0.3, -0.25) is 0 Å². The van der Waals surface area contributed by atoms with E-state index >= 15 is 0 Å². The molecule has 0 spiro atoms. The number of hydrogen-bond donors (Lipinski definition) is 0. The van der Waals surface area contributed by atoms with Crippen LogP contribution in [0.5, 0.6) is 0 Å². The van der Waals surface area contributed by atoms with Crippen LogP contribution in [0, 0.1) is 17.8 Å². The van der Waals surface area contributed by atoms with Gasteiger partial charge in [0.2, 0.25) is 0 Å². The Balaban J connectivity index is 4.55. The summed E-state index contributed by atoms with van der Waals surface area (Å²) in [7, 11) is 4.42. The van der Waals surface area contributed by atoms with Crippen molar-refractivity contribution in [2.45, 2.75) is 59.9 Å². The summed E-state index contributed by atoms with van der Waals surface area (Å²) in [5, 5.41) is 0. The Bertz CT molecular complexity index is 164. The zero-order valence-electron chi connectivity index (χ0n) is 12.1. The smallest absolute Gasteiger partial charge is 0.0200 e. The van der Waals surface area contributed by atoms with Crippen molar-refractivity contribution in [2.24, 2.45) is 17.8 Å². The molecule has 0 aliphatic rings. The maximum Gasteiger partial charge on any atom is 0.0200 e. The molecule has 0 aliphatic heterocycles. The van der Waals surface area contributed by atoms with Gasteiger partial charge in [0, 0.05) is 5.54 Å². The number of hydrogen-bond acceptors (Lipinski definition) is 1. The predicted molar refractivity (Wildman–Crippen MR) is 70.2 cm³/mol. The Morgan fingerprint density at radius 2 is 1.47 bits per heavy atom. The van der Waals surface area contributed by atoms with Gasteiger partial charge in [0.15, 0.2) is 0 Å². The molecule has 0 aromatic carbocycles. The lowest BCUT2D eigenvalue weighted by atomic mass is 9.76. The standard InChI is InChI=1S/C14H31N/c1-9-12(4)13(5)10-14(6,11(2)3)15(7)8/h11-13H,9-10H2,1-8H3. The molecule has 1 nitrogen and oxygen atoms in total. The topological polar surface area (TPSA) is 3.24 Å². The molecular weight excluding hydrogens is 182 g/mol. The van der Waals surface area contributed by atoms with E-state index in [1.54, 1.807) is 0 Å². The van der Waals surface area contributed by atoms with Crippen LogP contribution in [-0.2, 0) is 0 Å². The Hall–Kier alpha value is -0.0400. The van der Waals surface area contributed by atoms with Crippen molar-refractivity contribution in [3.8, 4) is 0 Å². The van der Waals surface area contributed by atoms with E-state index in [0.29, 0.717) is 11.5 Å². The maximum absolute atomic E-state index is 2.40. The monoisotopic (exact) mass is 213 g/mol. The zero-order valence-corrected chi connectivity index (χ0v) is 12.1. The quantitative estimate of drug-likeness (QED) is 0.644. The number of rotatable bonds is 6. The summed E-state index contributed by atoms with van der Waals surface area (Å²) in [6.45, 7) is 14.1. The van der Waals surface area contributed by atoms with Crippen LogP contribution in [-0.4, -0.2) is 24.5 Å². The van der Waals surface area contributed by atoms with Crippen LogP contribution in [0.2, 0.25) is 0 Å². The molecule has 15 heavy (non-hydrogen) atoms. The van der Waals surface area contributed by atoms with Crippen LogP contribution in [0.15, 0.2) is 0 Å². The molecule has 0 radical (unpaired) electrons. The van der Waals surface area contributed by atoms with Crippen LogP contribution < -0.4 is 0 Å². The number of nitrogens with zero attached hydrogens (tertiary/aromatic N) is 1. The van der Waals surface area contributed by atoms with Crippen LogP contribution >= 0.6 is 0 Å². The van der Waals surface area contributed by atoms with Crippen molar-refractivity contribution in [3.63, 3.8) is 0 Å². The average molecular weight is 213 g/mol. The maximum atomic E-state index is 2.40. The van der Waals surface area contributed by atoms with E-state index in [4.69, 9.17) is 0 Å². The summed E-state index contributed by atoms with van der Waals surface area (Å²) >= 11 is 0. The minimum absolute atomic E-state index is 0.336. The molecule has 0 bridgehead atoms. The van der Waals surface area contributed by atoms with Gasteiger partial charge in [0.25, 0.3) is 0 Å². The van der Waals surface area contributed by atoms with Crippen LogP contribution in [0.25, 0.3) is 0 Å². The Morgan fingerprint density at radius 1 is 1.00 bits per heavy atom. The molecule has 0 fully saturated rings. The molecule has 0 saturated heterocycles. The zero-order chi connectivity index (χ0) is 12.2. The highest BCUT2D eigenvalue weighted by atomic mass is 15.1. The molecule has 0 amide bonds. The van der Waals surface area contributed by atoms with Crippen LogP contribution in [0.3, 0.4) is 0 Å². The normalized spacial score (nSPS) is 20.4. The fourth-order valence-corrected chi connectivity index (χ4v) is 2.19. The molecule has 0 saturated carbocycles. The fourth-order valence-electron chi connectivity index (χ4n) is 2.19. The van der Waals surface area contributed by atoms with E-state index < -0.39 is 0 Å². The van der Waals surface area contributed by atoms with Crippen LogP contribution in [0.1, 0.15) is 54.4 Å². The first-order chi connectivity index (χ1) is 6.75. The molecule has 3 unspecified atom stereocenters. The van der Waals surface area contributed by atoms with Gasteiger partial charge in [-0.1, -0.05) is 41.0 Å². The Kier molecular flexibility index (Phi) is 5.87. The third-order valence-electron chi connectivity index (χ3n) is 4.62. The van der Waals surface area contributed by atoms with Crippen molar-refractivity contribution in [1.29, 1.82) is 0 Å². The molecule has 0 rings (SSSR count). The van der Waals surface area contributed by atoms with Crippen molar-refractivity contribution >= 4 is 0 Å². The lowest BCUT2D eigenvalue weighted by molar-refractivity contribution is 0.0754. The van der Waals surface area contributed by atoms with Gasteiger partial charge in [-0.2, -0.15) is 0 Å². The first-order valence-corrected chi connectivity index (χ1v) is 6.43. The first-order valence-electron chi connectivity index (χ1n) is 6.43. The van der Waals surface area contributed by atoms with Crippen molar-refractivity contribution in [2.75, 3.05) is 14.1 Å².